The first-order valence-corrected chi connectivity index (χ1v) is 9.71. The lowest BCUT2D eigenvalue weighted by molar-refractivity contribution is 0.187. The van der Waals surface area contributed by atoms with Gasteiger partial charge in [0, 0.05) is 17.1 Å². The highest BCUT2D eigenvalue weighted by molar-refractivity contribution is 9.10. The molecule has 0 spiro atoms. The van der Waals surface area contributed by atoms with E-state index in [1.807, 2.05) is 6.92 Å². The average molecular weight is 375 g/mol. The number of benzene rings is 1. The summed E-state index contributed by atoms with van der Waals surface area (Å²) in [6.07, 6.45) is 4.15. The molecule has 1 aliphatic carbocycles. The Morgan fingerprint density at radius 2 is 1.86 bits per heavy atom. The van der Waals surface area contributed by atoms with E-state index in [-0.39, 0.29) is 12.0 Å². The Morgan fingerprint density at radius 3 is 2.43 bits per heavy atom. The summed E-state index contributed by atoms with van der Waals surface area (Å²) < 4.78 is 28.3. The highest BCUT2D eigenvalue weighted by Gasteiger charge is 2.35. The monoisotopic (exact) mass is 374 g/mol. The first kappa shape index (κ1) is 16.9. The maximum absolute atomic E-state index is 12.9. The van der Waals surface area contributed by atoms with E-state index in [0.29, 0.717) is 18.0 Å². The zero-order valence-electron chi connectivity index (χ0n) is 12.3. The zero-order valence-corrected chi connectivity index (χ0v) is 14.7. The van der Waals surface area contributed by atoms with Crippen LogP contribution >= 0.6 is 15.9 Å². The van der Waals surface area contributed by atoms with Crippen molar-refractivity contribution < 1.29 is 8.42 Å². The van der Waals surface area contributed by atoms with Gasteiger partial charge in [0.1, 0.15) is 0 Å². The molecular formula is C15H23BrN2O2S. The number of rotatable bonds is 5. The Labute approximate surface area is 135 Å². The second kappa shape index (κ2) is 7.22. The molecule has 2 atom stereocenters. The summed E-state index contributed by atoms with van der Waals surface area (Å²) in [6.45, 7) is 2.94. The quantitative estimate of drug-likeness (QED) is 0.861. The number of nitrogens with zero attached hydrogens (tertiary/aromatic N) is 1. The zero-order chi connectivity index (χ0) is 15.5. The Hall–Kier alpha value is -0.430. The van der Waals surface area contributed by atoms with Crippen LogP contribution in [0.1, 0.15) is 32.6 Å². The molecule has 2 rings (SSSR count). The molecule has 0 bridgehead atoms. The Balaban J connectivity index is 2.32. The van der Waals surface area contributed by atoms with Crippen LogP contribution in [-0.2, 0) is 10.0 Å². The van der Waals surface area contributed by atoms with E-state index >= 15 is 0 Å². The summed E-state index contributed by atoms with van der Waals surface area (Å²) in [6, 6.07) is 6.87. The molecule has 1 aromatic rings. The molecule has 6 heteroatoms. The summed E-state index contributed by atoms with van der Waals surface area (Å²) in [5.41, 5.74) is 5.86. The minimum absolute atomic E-state index is 0.0300. The maximum Gasteiger partial charge on any atom is 0.243 e. The van der Waals surface area contributed by atoms with Crippen LogP contribution in [0.2, 0.25) is 0 Å². The third-order valence-corrected chi connectivity index (χ3v) is 6.82. The fourth-order valence-corrected chi connectivity index (χ4v) is 5.16. The highest BCUT2D eigenvalue weighted by Crippen LogP contribution is 2.31. The molecule has 2 N–H and O–H groups in total. The predicted octanol–water partition coefficient (Wildman–Crippen LogP) is 2.98. The Bertz CT molecular complexity index is 560. The van der Waals surface area contributed by atoms with Crippen LogP contribution in [0.15, 0.2) is 33.6 Å². The van der Waals surface area contributed by atoms with Crippen molar-refractivity contribution in [2.24, 2.45) is 11.7 Å². The third-order valence-electron chi connectivity index (χ3n) is 4.27. The van der Waals surface area contributed by atoms with Gasteiger partial charge in [0.25, 0.3) is 0 Å². The van der Waals surface area contributed by atoms with E-state index in [2.05, 4.69) is 15.9 Å². The number of halogens is 1. The van der Waals surface area contributed by atoms with Crippen molar-refractivity contribution >= 4 is 26.0 Å². The van der Waals surface area contributed by atoms with Crippen molar-refractivity contribution in [3.05, 3.63) is 28.7 Å². The molecule has 0 radical (unpaired) electrons. The molecular weight excluding hydrogens is 352 g/mol. The van der Waals surface area contributed by atoms with Gasteiger partial charge in [-0.3, -0.25) is 0 Å². The van der Waals surface area contributed by atoms with Crippen LogP contribution in [0.3, 0.4) is 0 Å². The van der Waals surface area contributed by atoms with E-state index in [1.54, 1.807) is 28.6 Å². The normalized spacial score (nSPS) is 23.4. The SMILES string of the molecule is CCN(C1CCCCC1CN)S(=O)(=O)c1ccc(Br)cc1. The van der Waals surface area contributed by atoms with E-state index in [0.717, 1.165) is 30.2 Å². The molecule has 1 aliphatic rings. The van der Waals surface area contributed by atoms with Crippen molar-refractivity contribution in [3.63, 3.8) is 0 Å². The van der Waals surface area contributed by atoms with Crippen LogP contribution in [0.5, 0.6) is 0 Å². The summed E-state index contributed by atoms with van der Waals surface area (Å²) in [5, 5.41) is 0. The fraction of sp³-hybridized carbons (Fsp3) is 0.600. The molecule has 0 aromatic heterocycles. The van der Waals surface area contributed by atoms with Crippen molar-refractivity contribution in [3.8, 4) is 0 Å². The second-order valence-corrected chi connectivity index (χ2v) is 8.32. The Kier molecular flexibility index (Phi) is 5.82. The van der Waals surface area contributed by atoms with Gasteiger partial charge >= 0.3 is 0 Å². The van der Waals surface area contributed by atoms with E-state index in [9.17, 15) is 8.42 Å². The molecule has 0 amide bonds. The van der Waals surface area contributed by atoms with Gasteiger partial charge in [-0.1, -0.05) is 35.7 Å². The average Bonchev–Trinajstić information content (AvgIpc) is 2.48. The van der Waals surface area contributed by atoms with Gasteiger partial charge in [-0.15, -0.1) is 0 Å². The van der Waals surface area contributed by atoms with Crippen LogP contribution < -0.4 is 5.73 Å². The minimum Gasteiger partial charge on any atom is -0.330 e. The van der Waals surface area contributed by atoms with Crippen LogP contribution in [-0.4, -0.2) is 31.9 Å². The molecule has 1 fully saturated rings. The smallest absolute Gasteiger partial charge is 0.243 e. The summed E-state index contributed by atoms with van der Waals surface area (Å²) in [7, 11) is -3.45. The molecule has 1 saturated carbocycles. The van der Waals surface area contributed by atoms with Gasteiger partial charge < -0.3 is 5.73 Å². The van der Waals surface area contributed by atoms with E-state index in [4.69, 9.17) is 5.73 Å². The Morgan fingerprint density at radius 1 is 1.24 bits per heavy atom. The van der Waals surface area contributed by atoms with Crippen LogP contribution in [0, 0.1) is 5.92 Å². The van der Waals surface area contributed by atoms with Crippen LogP contribution in [0.4, 0.5) is 0 Å². The van der Waals surface area contributed by atoms with Crippen molar-refractivity contribution in [1.82, 2.24) is 4.31 Å². The molecule has 0 saturated heterocycles. The van der Waals surface area contributed by atoms with Crippen molar-refractivity contribution in [1.29, 1.82) is 0 Å². The highest BCUT2D eigenvalue weighted by atomic mass is 79.9. The first-order valence-electron chi connectivity index (χ1n) is 7.48. The molecule has 1 aromatic carbocycles. The van der Waals surface area contributed by atoms with Crippen molar-refractivity contribution in [2.75, 3.05) is 13.1 Å². The summed E-state index contributed by atoms with van der Waals surface area (Å²) in [4.78, 5) is 0.355. The third kappa shape index (κ3) is 3.67. The van der Waals surface area contributed by atoms with E-state index in [1.165, 1.54) is 0 Å². The van der Waals surface area contributed by atoms with Gasteiger partial charge in [0.2, 0.25) is 10.0 Å². The first-order chi connectivity index (χ1) is 10.0. The number of nitrogens with two attached hydrogens (primary N) is 1. The van der Waals surface area contributed by atoms with Gasteiger partial charge in [0.05, 0.1) is 4.90 Å². The fourth-order valence-electron chi connectivity index (χ4n) is 3.17. The number of sulfonamides is 1. The molecule has 21 heavy (non-hydrogen) atoms. The van der Waals surface area contributed by atoms with Crippen molar-refractivity contribution in [2.45, 2.75) is 43.5 Å². The molecule has 4 nitrogen and oxygen atoms in total. The predicted molar refractivity (Wildman–Crippen MR) is 88.5 cm³/mol. The summed E-state index contributed by atoms with van der Waals surface area (Å²) in [5.74, 6) is 0.268. The maximum atomic E-state index is 12.9. The molecule has 2 unspecified atom stereocenters. The number of hydrogen-bond donors (Lipinski definition) is 1. The minimum atomic E-state index is -3.45. The standard InChI is InChI=1S/C15H23BrN2O2S/c1-2-18(15-6-4-3-5-12(15)11-17)21(19,20)14-9-7-13(16)8-10-14/h7-10,12,15H,2-6,11,17H2,1H3. The lowest BCUT2D eigenvalue weighted by Crippen LogP contribution is -2.47. The van der Waals surface area contributed by atoms with Gasteiger partial charge in [-0.2, -0.15) is 4.31 Å². The topological polar surface area (TPSA) is 63.4 Å². The lowest BCUT2D eigenvalue weighted by Gasteiger charge is -2.38. The number of hydrogen-bond acceptors (Lipinski definition) is 3. The molecule has 0 heterocycles. The van der Waals surface area contributed by atoms with Gasteiger partial charge in [-0.05, 0) is 49.6 Å². The summed E-state index contributed by atoms with van der Waals surface area (Å²) >= 11 is 3.34. The molecule has 0 aliphatic heterocycles. The van der Waals surface area contributed by atoms with Gasteiger partial charge in [0.15, 0.2) is 0 Å². The van der Waals surface area contributed by atoms with E-state index < -0.39 is 10.0 Å². The second-order valence-electron chi connectivity index (χ2n) is 5.51. The van der Waals surface area contributed by atoms with Gasteiger partial charge in [-0.25, -0.2) is 8.42 Å². The largest absolute Gasteiger partial charge is 0.330 e. The lowest BCUT2D eigenvalue weighted by atomic mass is 9.84. The van der Waals surface area contributed by atoms with Crippen LogP contribution in [0.25, 0.3) is 0 Å². The molecule has 118 valence electrons.